The molecule has 0 amide bonds. The lowest BCUT2D eigenvalue weighted by atomic mass is 10.1. The molecule has 0 radical (unpaired) electrons. The Labute approximate surface area is 161 Å². The van der Waals surface area contributed by atoms with Crippen molar-refractivity contribution in [3.05, 3.63) is 65.2 Å². The van der Waals surface area contributed by atoms with Gasteiger partial charge in [0, 0.05) is 10.8 Å². The number of tetrazole rings is 1. The molecule has 0 spiro atoms. The molecule has 2 atom stereocenters. The summed E-state index contributed by atoms with van der Waals surface area (Å²) < 4.78 is 7.40. The lowest BCUT2D eigenvalue weighted by Crippen LogP contribution is -2.19. The Morgan fingerprint density at radius 2 is 1.88 bits per heavy atom. The van der Waals surface area contributed by atoms with Gasteiger partial charge in [-0.3, -0.25) is 0 Å². The van der Waals surface area contributed by atoms with Gasteiger partial charge < -0.3 is 9.84 Å². The number of nitrogens with zero attached hydrogens (tertiary/aromatic N) is 4. The standard InChI is InChI=1S/C18H19ClN4O2S/c1-13(14-7-9-15(19)10-8-14)25-11-17(24)12-26-18-20-21-22-23(18)16-5-3-2-4-6-16/h2-10,13,17,24H,11-12H2,1H3/t13-,17+/m1/s1. The van der Waals surface area contributed by atoms with E-state index in [2.05, 4.69) is 15.5 Å². The molecule has 1 N–H and O–H groups in total. The summed E-state index contributed by atoms with van der Waals surface area (Å²) in [6.45, 7) is 2.17. The lowest BCUT2D eigenvalue weighted by Gasteiger charge is -2.16. The largest absolute Gasteiger partial charge is 0.390 e. The minimum Gasteiger partial charge on any atom is -0.390 e. The highest BCUT2D eigenvalue weighted by molar-refractivity contribution is 7.99. The second-order valence-corrected chi connectivity index (χ2v) is 7.12. The van der Waals surface area contributed by atoms with E-state index in [1.165, 1.54) is 11.8 Å². The van der Waals surface area contributed by atoms with Crippen LogP contribution in [0, 0.1) is 0 Å². The zero-order valence-electron chi connectivity index (χ0n) is 14.2. The summed E-state index contributed by atoms with van der Waals surface area (Å²) >= 11 is 7.27. The molecule has 3 aromatic rings. The van der Waals surface area contributed by atoms with Crippen molar-refractivity contribution in [2.24, 2.45) is 0 Å². The first kappa shape index (κ1) is 18.8. The molecular weight excluding hydrogens is 372 g/mol. The van der Waals surface area contributed by atoms with Crippen LogP contribution in [0.25, 0.3) is 5.69 Å². The molecule has 0 saturated carbocycles. The zero-order chi connectivity index (χ0) is 18.4. The minimum atomic E-state index is -0.629. The smallest absolute Gasteiger partial charge is 0.214 e. The van der Waals surface area contributed by atoms with Crippen molar-refractivity contribution in [3.63, 3.8) is 0 Å². The average Bonchev–Trinajstić information content (AvgIpc) is 3.14. The van der Waals surface area contributed by atoms with E-state index >= 15 is 0 Å². The highest BCUT2D eigenvalue weighted by atomic mass is 35.5. The molecule has 2 aromatic carbocycles. The van der Waals surface area contributed by atoms with E-state index in [0.717, 1.165) is 11.3 Å². The highest BCUT2D eigenvalue weighted by Crippen LogP contribution is 2.21. The van der Waals surface area contributed by atoms with Gasteiger partial charge in [0.15, 0.2) is 0 Å². The SMILES string of the molecule is C[C@@H](OC[C@H](O)CSc1nnnn1-c1ccccc1)c1ccc(Cl)cc1. The maximum atomic E-state index is 10.2. The van der Waals surface area contributed by atoms with Crippen molar-refractivity contribution in [2.75, 3.05) is 12.4 Å². The summed E-state index contributed by atoms with van der Waals surface area (Å²) in [4.78, 5) is 0. The molecule has 0 bridgehead atoms. The van der Waals surface area contributed by atoms with Gasteiger partial charge >= 0.3 is 0 Å². The van der Waals surface area contributed by atoms with Gasteiger partial charge in [-0.1, -0.05) is 53.7 Å². The molecule has 0 aliphatic carbocycles. The van der Waals surface area contributed by atoms with Crippen LogP contribution in [0.3, 0.4) is 0 Å². The Hall–Kier alpha value is -1.93. The lowest BCUT2D eigenvalue weighted by molar-refractivity contribution is 0.00621. The van der Waals surface area contributed by atoms with Crippen LogP contribution >= 0.6 is 23.4 Å². The third-order valence-corrected chi connectivity index (χ3v) is 5.04. The quantitative estimate of drug-likeness (QED) is 0.593. The molecule has 0 fully saturated rings. The van der Waals surface area contributed by atoms with Gasteiger partial charge in [-0.25, -0.2) is 0 Å². The van der Waals surface area contributed by atoms with Gasteiger partial charge in [0.05, 0.1) is 24.5 Å². The number of aliphatic hydroxyl groups is 1. The van der Waals surface area contributed by atoms with E-state index in [4.69, 9.17) is 16.3 Å². The van der Waals surface area contributed by atoms with Crippen LogP contribution in [0.15, 0.2) is 59.8 Å². The first-order chi connectivity index (χ1) is 12.6. The zero-order valence-corrected chi connectivity index (χ0v) is 15.8. The molecule has 0 aliphatic rings. The van der Waals surface area contributed by atoms with E-state index in [1.807, 2.05) is 61.5 Å². The predicted molar refractivity (Wildman–Crippen MR) is 102 cm³/mol. The fraction of sp³-hybridized carbons (Fsp3) is 0.278. The number of aromatic nitrogens is 4. The van der Waals surface area contributed by atoms with E-state index < -0.39 is 6.10 Å². The van der Waals surface area contributed by atoms with Crippen LogP contribution in [0.1, 0.15) is 18.6 Å². The summed E-state index contributed by atoms with van der Waals surface area (Å²) in [6, 6.07) is 17.1. The van der Waals surface area contributed by atoms with Gasteiger partial charge in [0.25, 0.3) is 0 Å². The molecule has 8 heteroatoms. The first-order valence-corrected chi connectivity index (χ1v) is 9.51. The van der Waals surface area contributed by atoms with E-state index in [9.17, 15) is 5.11 Å². The number of thioether (sulfide) groups is 1. The van der Waals surface area contributed by atoms with Crippen LogP contribution in [-0.4, -0.2) is 43.8 Å². The number of para-hydroxylation sites is 1. The van der Waals surface area contributed by atoms with Gasteiger partial charge in [-0.2, -0.15) is 4.68 Å². The predicted octanol–water partition coefficient (Wildman–Crippen LogP) is 3.55. The monoisotopic (exact) mass is 390 g/mol. The van der Waals surface area contributed by atoms with Gasteiger partial charge in [0.2, 0.25) is 5.16 Å². The summed E-state index contributed by atoms with van der Waals surface area (Å²) in [7, 11) is 0. The number of ether oxygens (including phenoxy) is 1. The normalized spacial score (nSPS) is 13.5. The molecule has 0 aliphatic heterocycles. The number of hydrogen-bond acceptors (Lipinski definition) is 6. The summed E-state index contributed by atoms with van der Waals surface area (Å²) in [6.07, 6.45) is -0.753. The third kappa shape index (κ3) is 5.04. The van der Waals surface area contributed by atoms with Crippen molar-refractivity contribution < 1.29 is 9.84 Å². The van der Waals surface area contributed by atoms with Crippen molar-refractivity contribution in [1.82, 2.24) is 20.2 Å². The Morgan fingerprint density at radius 1 is 1.15 bits per heavy atom. The van der Waals surface area contributed by atoms with Gasteiger partial charge in [-0.05, 0) is 47.2 Å². The Balaban J connectivity index is 1.50. The highest BCUT2D eigenvalue weighted by Gasteiger charge is 2.14. The maximum absolute atomic E-state index is 10.2. The Bertz CT molecular complexity index is 814. The van der Waals surface area contributed by atoms with Gasteiger partial charge in [0.1, 0.15) is 0 Å². The van der Waals surface area contributed by atoms with E-state index in [0.29, 0.717) is 15.9 Å². The molecule has 136 valence electrons. The fourth-order valence-electron chi connectivity index (χ4n) is 2.30. The maximum Gasteiger partial charge on any atom is 0.214 e. The van der Waals surface area contributed by atoms with Crippen LogP contribution in [0.5, 0.6) is 0 Å². The number of rotatable bonds is 8. The van der Waals surface area contributed by atoms with Crippen LogP contribution in [0.2, 0.25) is 5.02 Å². The topological polar surface area (TPSA) is 73.1 Å². The third-order valence-electron chi connectivity index (χ3n) is 3.72. The first-order valence-electron chi connectivity index (χ1n) is 8.15. The number of hydrogen-bond donors (Lipinski definition) is 1. The Morgan fingerprint density at radius 3 is 2.62 bits per heavy atom. The van der Waals surface area contributed by atoms with Crippen LogP contribution in [0.4, 0.5) is 0 Å². The molecule has 1 aromatic heterocycles. The average molecular weight is 391 g/mol. The van der Waals surface area contributed by atoms with E-state index in [1.54, 1.807) is 4.68 Å². The minimum absolute atomic E-state index is 0.124. The molecule has 0 unspecified atom stereocenters. The molecule has 1 heterocycles. The molecule has 6 nitrogen and oxygen atoms in total. The summed E-state index contributed by atoms with van der Waals surface area (Å²) in [5, 5.41) is 23.2. The van der Waals surface area contributed by atoms with Crippen LogP contribution < -0.4 is 0 Å². The van der Waals surface area contributed by atoms with Crippen molar-refractivity contribution in [2.45, 2.75) is 24.3 Å². The number of benzene rings is 2. The number of halogens is 1. The molecule has 3 rings (SSSR count). The van der Waals surface area contributed by atoms with Gasteiger partial charge in [-0.15, -0.1) is 5.10 Å². The Kier molecular flexibility index (Phi) is 6.62. The second kappa shape index (κ2) is 9.14. The van der Waals surface area contributed by atoms with Crippen molar-refractivity contribution >= 4 is 23.4 Å². The second-order valence-electron chi connectivity index (χ2n) is 5.70. The van der Waals surface area contributed by atoms with E-state index in [-0.39, 0.29) is 12.7 Å². The van der Waals surface area contributed by atoms with Crippen LogP contribution in [-0.2, 0) is 4.74 Å². The molecule has 26 heavy (non-hydrogen) atoms. The number of aliphatic hydroxyl groups excluding tert-OH is 1. The summed E-state index contributed by atoms with van der Waals surface area (Å²) in [5.74, 6) is 0.431. The molecular formula is C18H19ClN4O2S. The van der Waals surface area contributed by atoms with Crippen molar-refractivity contribution in [3.8, 4) is 5.69 Å². The fourth-order valence-corrected chi connectivity index (χ4v) is 3.23. The summed E-state index contributed by atoms with van der Waals surface area (Å²) in [5.41, 5.74) is 1.89. The molecule has 0 saturated heterocycles. The van der Waals surface area contributed by atoms with Crippen molar-refractivity contribution in [1.29, 1.82) is 0 Å².